The molecule has 1 rings (SSSR count). The van der Waals surface area contributed by atoms with Gasteiger partial charge in [0.15, 0.2) is 5.78 Å². The standard InChI is InChI=1S/C16H23NO4/c1-9(2)17-13(8-15(18)19)16(20)12-6-11(4)14(21-5)7-10(12)3/h6-7,9,13,17H,8H2,1-5H3,(H,18,19). The highest BCUT2D eigenvalue weighted by Gasteiger charge is 2.25. The maximum Gasteiger partial charge on any atom is 0.305 e. The minimum absolute atomic E-state index is 0.0259. The largest absolute Gasteiger partial charge is 0.496 e. The Bertz CT molecular complexity index is 537. The smallest absolute Gasteiger partial charge is 0.305 e. The highest BCUT2D eigenvalue weighted by molar-refractivity contribution is 6.03. The molecule has 0 heterocycles. The van der Waals surface area contributed by atoms with Gasteiger partial charge in [0.2, 0.25) is 0 Å². The molecule has 116 valence electrons. The van der Waals surface area contributed by atoms with Gasteiger partial charge in [-0.1, -0.05) is 13.8 Å². The summed E-state index contributed by atoms with van der Waals surface area (Å²) in [7, 11) is 1.58. The minimum Gasteiger partial charge on any atom is -0.496 e. The lowest BCUT2D eigenvalue weighted by atomic mass is 9.95. The summed E-state index contributed by atoms with van der Waals surface area (Å²) >= 11 is 0. The van der Waals surface area contributed by atoms with Gasteiger partial charge < -0.3 is 15.2 Å². The quantitative estimate of drug-likeness (QED) is 0.755. The van der Waals surface area contributed by atoms with Crippen molar-refractivity contribution < 1.29 is 19.4 Å². The number of hydrogen-bond donors (Lipinski definition) is 2. The van der Waals surface area contributed by atoms with Gasteiger partial charge in [-0.25, -0.2) is 0 Å². The van der Waals surface area contributed by atoms with Crippen LogP contribution in [0.1, 0.15) is 41.8 Å². The molecule has 0 saturated carbocycles. The Balaban J connectivity index is 3.13. The fourth-order valence-corrected chi connectivity index (χ4v) is 2.27. The molecule has 5 nitrogen and oxygen atoms in total. The van der Waals surface area contributed by atoms with Gasteiger partial charge in [0.25, 0.3) is 0 Å². The molecule has 2 N–H and O–H groups in total. The summed E-state index contributed by atoms with van der Waals surface area (Å²) in [6.07, 6.45) is -0.235. The topological polar surface area (TPSA) is 75.6 Å². The zero-order valence-corrected chi connectivity index (χ0v) is 13.2. The van der Waals surface area contributed by atoms with Gasteiger partial charge in [-0.2, -0.15) is 0 Å². The number of methoxy groups -OCH3 is 1. The zero-order valence-electron chi connectivity index (χ0n) is 13.2. The van der Waals surface area contributed by atoms with E-state index in [2.05, 4.69) is 5.32 Å². The normalized spacial score (nSPS) is 12.3. The molecule has 1 aromatic carbocycles. The number of carboxylic acids is 1. The number of carboxylic acid groups (broad SMARTS) is 1. The van der Waals surface area contributed by atoms with E-state index in [1.165, 1.54) is 0 Å². The Kier molecular flexibility index (Phi) is 5.90. The summed E-state index contributed by atoms with van der Waals surface area (Å²) < 4.78 is 5.23. The summed E-state index contributed by atoms with van der Waals surface area (Å²) in [5.74, 6) is -0.477. The van der Waals surface area contributed by atoms with E-state index in [0.29, 0.717) is 5.56 Å². The van der Waals surface area contributed by atoms with Crippen molar-refractivity contribution in [2.75, 3.05) is 7.11 Å². The van der Waals surface area contributed by atoms with Crippen molar-refractivity contribution in [3.63, 3.8) is 0 Å². The summed E-state index contributed by atoms with van der Waals surface area (Å²) in [4.78, 5) is 23.6. The first-order valence-electron chi connectivity index (χ1n) is 6.93. The first-order chi connectivity index (χ1) is 9.76. The third-order valence-electron chi connectivity index (χ3n) is 3.24. The van der Waals surface area contributed by atoms with Crippen LogP contribution in [0.4, 0.5) is 0 Å². The first-order valence-corrected chi connectivity index (χ1v) is 6.93. The number of aryl methyl sites for hydroxylation is 2. The van der Waals surface area contributed by atoms with Crippen LogP contribution in [-0.4, -0.2) is 36.1 Å². The summed E-state index contributed by atoms with van der Waals surface area (Å²) in [5.41, 5.74) is 2.17. The van der Waals surface area contributed by atoms with Gasteiger partial charge in [-0.05, 0) is 37.1 Å². The lowest BCUT2D eigenvalue weighted by Crippen LogP contribution is -2.42. The highest BCUT2D eigenvalue weighted by Crippen LogP contribution is 2.24. The highest BCUT2D eigenvalue weighted by atomic mass is 16.5. The SMILES string of the molecule is COc1cc(C)c(C(=O)C(CC(=O)O)NC(C)C)cc1C. The van der Waals surface area contributed by atoms with Crippen LogP contribution in [-0.2, 0) is 4.79 Å². The van der Waals surface area contributed by atoms with Crippen LogP contribution in [0, 0.1) is 13.8 Å². The van der Waals surface area contributed by atoms with E-state index in [9.17, 15) is 9.59 Å². The van der Waals surface area contributed by atoms with Gasteiger partial charge in [-0.15, -0.1) is 0 Å². The second-order valence-electron chi connectivity index (χ2n) is 5.47. The van der Waals surface area contributed by atoms with Crippen molar-refractivity contribution >= 4 is 11.8 Å². The van der Waals surface area contributed by atoms with Crippen molar-refractivity contribution in [1.82, 2.24) is 5.32 Å². The Morgan fingerprint density at radius 2 is 1.86 bits per heavy atom. The molecule has 0 fully saturated rings. The molecular formula is C16H23NO4. The van der Waals surface area contributed by atoms with Crippen LogP contribution in [0.15, 0.2) is 12.1 Å². The van der Waals surface area contributed by atoms with Gasteiger partial charge in [-0.3, -0.25) is 9.59 Å². The molecule has 0 spiro atoms. The van der Waals surface area contributed by atoms with Crippen molar-refractivity contribution in [2.24, 2.45) is 0 Å². The number of ether oxygens (including phenoxy) is 1. The average molecular weight is 293 g/mol. The number of hydrogen-bond acceptors (Lipinski definition) is 4. The number of Topliss-reactive ketones (excluding diaryl/α,β-unsaturated/α-hetero) is 1. The number of carbonyl (C=O) groups is 2. The molecule has 0 aliphatic rings. The Morgan fingerprint density at radius 1 is 1.24 bits per heavy atom. The molecule has 0 bridgehead atoms. The van der Waals surface area contributed by atoms with Crippen molar-refractivity contribution in [2.45, 2.75) is 46.2 Å². The van der Waals surface area contributed by atoms with Crippen LogP contribution < -0.4 is 10.1 Å². The summed E-state index contributed by atoms with van der Waals surface area (Å²) in [6, 6.07) is 2.86. The molecule has 0 amide bonds. The van der Waals surface area contributed by atoms with E-state index in [-0.39, 0.29) is 18.2 Å². The molecule has 21 heavy (non-hydrogen) atoms. The van der Waals surface area contributed by atoms with E-state index in [4.69, 9.17) is 9.84 Å². The summed E-state index contributed by atoms with van der Waals surface area (Å²) in [6.45, 7) is 7.45. The van der Waals surface area contributed by atoms with Gasteiger partial charge in [0.05, 0.1) is 19.6 Å². The van der Waals surface area contributed by atoms with Gasteiger partial charge in [0.1, 0.15) is 5.75 Å². The van der Waals surface area contributed by atoms with E-state index in [1.54, 1.807) is 19.2 Å². The Hall–Kier alpha value is -1.88. The van der Waals surface area contributed by atoms with Crippen molar-refractivity contribution in [3.8, 4) is 5.75 Å². The fourth-order valence-electron chi connectivity index (χ4n) is 2.27. The fraction of sp³-hybridized carbons (Fsp3) is 0.500. The lowest BCUT2D eigenvalue weighted by Gasteiger charge is -2.20. The Labute approximate surface area is 125 Å². The Morgan fingerprint density at radius 3 is 2.33 bits per heavy atom. The number of carbonyl (C=O) groups excluding carboxylic acids is 1. The van der Waals surface area contributed by atoms with Crippen LogP contribution in [0.25, 0.3) is 0 Å². The zero-order chi connectivity index (χ0) is 16.2. The third kappa shape index (κ3) is 4.56. The first kappa shape index (κ1) is 17.2. The predicted octanol–water partition coefficient (Wildman–Crippen LogP) is 2.34. The molecule has 0 aliphatic carbocycles. The molecule has 0 saturated heterocycles. The van der Waals surface area contributed by atoms with E-state index < -0.39 is 12.0 Å². The molecule has 1 aromatic rings. The van der Waals surface area contributed by atoms with Crippen LogP contribution >= 0.6 is 0 Å². The number of rotatable bonds is 7. The minimum atomic E-state index is -0.996. The number of aliphatic carboxylic acids is 1. The monoisotopic (exact) mass is 293 g/mol. The van der Waals surface area contributed by atoms with Crippen LogP contribution in [0.3, 0.4) is 0 Å². The number of benzene rings is 1. The molecule has 5 heteroatoms. The van der Waals surface area contributed by atoms with Crippen LogP contribution in [0.5, 0.6) is 5.75 Å². The van der Waals surface area contributed by atoms with Gasteiger partial charge >= 0.3 is 5.97 Å². The number of ketones is 1. The molecule has 1 unspecified atom stereocenters. The van der Waals surface area contributed by atoms with Crippen molar-refractivity contribution in [3.05, 3.63) is 28.8 Å². The van der Waals surface area contributed by atoms with Gasteiger partial charge in [0, 0.05) is 11.6 Å². The second kappa shape index (κ2) is 7.22. The molecule has 0 aliphatic heterocycles. The maximum absolute atomic E-state index is 12.6. The van der Waals surface area contributed by atoms with Crippen molar-refractivity contribution in [1.29, 1.82) is 0 Å². The molecule has 1 atom stereocenters. The van der Waals surface area contributed by atoms with E-state index in [0.717, 1.165) is 16.9 Å². The van der Waals surface area contributed by atoms with Crippen LogP contribution in [0.2, 0.25) is 0 Å². The molecule has 0 radical (unpaired) electrons. The molecule has 0 aromatic heterocycles. The van der Waals surface area contributed by atoms with E-state index >= 15 is 0 Å². The van der Waals surface area contributed by atoms with E-state index in [1.807, 2.05) is 27.7 Å². The summed E-state index contributed by atoms with van der Waals surface area (Å²) in [5, 5.41) is 12.0. The number of nitrogens with one attached hydrogen (secondary N) is 1. The molecular weight excluding hydrogens is 270 g/mol. The lowest BCUT2D eigenvalue weighted by molar-refractivity contribution is -0.137. The third-order valence-corrected chi connectivity index (χ3v) is 3.24. The average Bonchev–Trinajstić information content (AvgIpc) is 2.38. The maximum atomic E-state index is 12.6. The second-order valence-corrected chi connectivity index (χ2v) is 5.47. The predicted molar refractivity (Wildman–Crippen MR) is 81.1 cm³/mol.